The monoisotopic (exact) mass is 264 g/mol. The van der Waals surface area contributed by atoms with E-state index in [1.807, 2.05) is 0 Å². The Kier molecular flexibility index (Phi) is 3.59. The smallest absolute Gasteiger partial charge is 0.243 e. The lowest BCUT2D eigenvalue weighted by atomic mass is 9.84. The van der Waals surface area contributed by atoms with Crippen LogP contribution in [0.5, 0.6) is 0 Å². The van der Waals surface area contributed by atoms with Crippen molar-refractivity contribution in [3.05, 3.63) is 0 Å². The van der Waals surface area contributed by atoms with Gasteiger partial charge < -0.3 is 4.90 Å². The maximum atomic E-state index is 12.8. The van der Waals surface area contributed by atoms with Gasteiger partial charge in [-0.3, -0.25) is 10.1 Å². The summed E-state index contributed by atoms with van der Waals surface area (Å²) in [6.45, 7) is 5.23. The summed E-state index contributed by atoms with van der Waals surface area (Å²) < 4.78 is 0. The van der Waals surface area contributed by atoms with Gasteiger partial charge in [0.1, 0.15) is 0 Å². The van der Waals surface area contributed by atoms with Crippen LogP contribution in [-0.2, 0) is 4.79 Å². The van der Waals surface area contributed by atoms with E-state index in [0.29, 0.717) is 18.0 Å². The molecule has 0 aromatic carbocycles. The zero-order chi connectivity index (χ0) is 13.5. The van der Waals surface area contributed by atoms with Gasteiger partial charge in [-0.05, 0) is 50.9 Å². The third-order valence-corrected chi connectivity index (χ3v) is 5.77. The van der Waals surface area contributed by atoms with E-state index in [-0.39, 0.29) is 5.54 Å². The zero-order valence-electron chi connectivity index (χ0n) is 12.5. The van der Waals surface area contributed by atoms with Crippen molar-refractivity contribution in [2.24, 2.45) is 11.8 Å². The molecule has 3 fully saturated rings. The van der Waals surface area contributed by atoms with Crippen LogP contribution in [0.1, 0.15) is 65.2 Å². The lowest BCUT2D eigenvalue weighted by Crippen LogP contribution is -2.46. The van der Waals surface area contributed by atoms with Crippen LogP contribution in [0, 0.1) is 11.8 Å². The van der Waals surface area contributed by atoms with Crippen molar-refractivity contribution < 1.29 is 4.79 Å². The molecule has 0 aromatic heterocycles. The molecule has 3 nitrogen and oxygen atoms in total. The van der Waals surface area contributed by atoms with E-state index in [1.165, 1.54) is 44.9 Å². The molecular formula is C16H28N2O. The van der Waals surface area contributed by atoms with E-state index in [9.17, 15) is 4.79 Å². The summed E-state index contributed by atoms with van der Waals surface area (Å²) in [6, 6.07) is 0. The second kappa shape index (κ2) is 5.08. The fraction of sp³-hybridized carbons (Fsp3) is 0.938. The summed E-state index contributed by atoms with van der Waals surface area (Å²) in [4.78, 5) is 15.0. The number of nitrogens with one attached hydrogen (secondary N) is 1. The molecule has 0 spiro atoms. The lowest BCUT2D eigenvalue weighted by Gasteiger charge is -2.35. The fourth-order valence-corrected chi connectivity index (χ4v) is 3.96. The molecule has 2 atom stereocenters. The van der Waals surface area contributed by atoms with Crippen molar-refractivity contribution in [3.63, 3.8) is 0 Å². The number of hydrogen-bond donors (Lipinski definition) is 1. The van der Waals surface area contributed by atoms with Crippen LogP contribution in [0.3, 0.4) is 0 Å². The van der Waals surface area contributed by atoms with Gasteiger partial charge in [0.15, 0.2) is 0 Å². The Hall–Kier alpha value is -0.570. The molecule has 1 N–H and O–H groups in total. The number of carbonyl (C=O) groups is 1. The number of hydrogen-bond acceptors (Lipinski definition) is 2. The van der Waals surface area contributed by atoms with E-state index in [4.69, 9.17) is 0 Å². The van der Waals surface area contributed by atoms with Gasteiger partial charge in [-0.25, -0.2) is 0 Å². The molecule has 3 rings (SSSR count). The highest BCUT2D eigenvalue weighted by Crippen LogP contribution is 2.37. The average Bonchev–Trinajstić information content (AvgIpc) is 2.95. The predicted molar refractivity (Wildman–Crippen MR) is 76.6 cm³/mol. The van der Waals surface area contributed by atoms with Crippen LogP contribution in [0.25, 0.3) is 0 Å². The standard InChI is InChI=1S/C16H28N2O/c1-3-16(2)15(19)18(11-12-7-6-8-12)14(17-16)13-9-4-5-10-13/h12-14,17H,3-11H2,1-2H3. The second-order valence-electron chi connectivity index (χ2n) is 7.07. The Morgan fingerprint density at radius 1 is 1.21 bits per heavy atom. The van der Waals surface area contributed by atoms with Gasteiger partial charge in [0, 0.05) is 6.54 Å². The minimum atomic E-state index is -0.309. The first kappa shape index (κ1) is 13.4. The molecule has 0 radical (unpaired) electrons. The average molecular weight is 264 g/mol. The van der Waals surface area contributed by atoms with Crippen molar-refractivity contribution in [2.75, 3.05) is 6.54 Å². The van der Waals surface area contributed by atoms with Gasteiger partial charge in [0.25, 0.3) is 0 Å². The zero-order valence-corrected chi connectivity index (χ0v) is 12.5. The molecule has 0 aromatic rings. The molecule has 0 bridgehead atoms. The summed E-state index contributed by atoms with van der Waals surface area (Å²) in [6.07, 6.45) is 10.5. The Bertz CT molecular complexity index is 347. The summed E-state index contributed by atoms with van der Waals surface area (Å²) in [5.41, 5.74) is -0.309. The van der Waals surface area contributed by atoms with Crippen molar-refractivity contribution in [3.8, 4) is 0 Å². The number of carbonyl (C=O) groups excluding carboxylic acids is 1. The first-order valence-corrected chi connectivity index (χ1v) is 8.23. The van der Waals surface area contributed by atoms with Crippen LogP contribution < -0.4 is 5.32 Å². The molecule has 3 heteroatoms. The molecule has 1 saturated heterocycles. The highest BCUT2D eigenvalue weighted by molar-refractivity contribution is 5.88. The molecule has 1 aliphatic heterocycles. The van der Waals surface area contributed by atoms with E-state index in [0.717, 1.165) is 18.9 Å². The molecular weight excluding hydrogens is 236 g/mol. The van der Waals surface area contributed by atoms with Crippen molar-refractivity contribution in [1.29, 1.82) is 0 Å². The molecule has 19 heavy (non-hydrogen) atoms. The van der Waals surface area contributed by atoms with E-state index >= 15 is 0 Å². The van der Waals surface area contributed by atoms with Crippen molar-refractivity contribution >= 4 is 5.91 Å². The second-order valence-corrected chi connectivity index (χ2v) is 7.07. The maximum absolute atomic E-state index is 12.8. The van der Waals surface area contributed by atoms with Crippen LogP contribution in [0.4, 0.5) is 0 Å². The largest absolute Gasteiger partial charge is 0.325 e. The lowest BCUT2D eigenvalue weighted by molar-refractivity contribution is -0.134. The molecule has 3 aliphatic rings. The first-order chi connectivity index (χ1) is 9.14. The van der Waals surface area contributed by atoms with Gasteiger partial charge in [0.05, 0.1) is 11.7 Å². The molecule has 2 saturated carbocycles. The van der Waals surface area contributed by atoms with Crippen molar-refractivity contribution in [2.45, 2.75) is 76.9 Å². The van der Waals surface area contributed by atoms with Crippen LogP contribution >= 0.6 is 0 Å². The minimum Gasteiger partial charge on any atom is -0.325 e. The Labute approximate surface area is 117 Å². The third kappa shape index (κ3) is 2.31. The predicted octanol–water partition coefficient (Wildman–Crippen LogP) is 2.90. The van der Waals surface area contributed by atoms with E-state index in [2.05, 4.69) is 24.1 Å². The number of amides is 1. The highest BCUT2D eigenvalue weighted by atomic mass is 16.2. The third-order valence-electron chi connectivity index (χ3n) is 5.77. The van der Waals surface area contributed by atoms with Crippen LogP contribution in [-0.4, -0.2) is 29.1 Å². The maximum Gasteiger partial charge on any atom is 0.243 e. The summed E-state index contributed by atoms with van der Waals surface area (Å²) >= 11 is 0. The van der Waals surface area contributed by atoms with Crippen molar-refractivity contribution in [1.82, 2.24) is 10.2 Å². The minimum absolute atomic E-state index is 0.309. The van der Waals surface area contributed by atoms with Crippen LogP contribution in [0.2, 0.25) is 0 Å². The fourth-order valence-electron chi connectivity index (χ4n) is 3.96. The summed E-state index contributed by atoms with van der Waals surface area (Å²) in [5.74, 6) is 1.82. The van der Waals surface area contributed by atoms with E-state index in [1.54, 1.807) is 0 Å². The molecule has 2 aliphatic carbocycles. The molecule has 1 heterocycles. The topological polar surface area (TPSA) is 32.3 Å². The number of nitrogens with zero attached hydrogens (tertiary/aromatic N) is 1. The Morgan fingerprint density at radius 2 is 1.89 bits per heavy atom. The van der Waals surface area contributed by atoms with Gasteiger partial charge >= 0.3 is 0 Å². The normalized spacial score (nSPS) is 37.1. The SMILES string of the molecule is CCC1(C)NC(C2CCCC2)N(CC2CCC2)C1=O. The quantitative estimate of drug-likeness (QED) is 0.847. The Balaban J connectivity index is 1.76. The van der Waals surface area contributed by atoms with Gasteiger partial charge in [-0.2, -0.15) is 0 Å². The van der Waals surface area contributed by atoms with E-state index < -0.39 is 0 Å². The van der Waals surface area contributed by atoms with Gasteiger partial charge in [-0.1, -0.05) is 26.2 Å². The number of rotatable bonds is 4. The summed E-state index contributed by atoms with van der Waals surface area (Å²) in [5, 5.41) is 3.69. The molecule has 108 valence electrons. The molecule has 2 unspecified atom stereocenters. The summed E-state index contributed by atoms with van der Waals surface area (Å²) in [7, 11) is 0. The van der Waals surface area contributed by atoms with Crippen LogP contribution in [0.15, 0.2) is 0 Å². The highest BCUT2D eigenvalue weighted by Gasteiger charge is 2.49. The van der Waals surface area contributed by atoms with Gasteiger partial charge in [-0.15, -0.1) is 0 Å². The molecule has 1 amide bonds. The first-order valence-electron chi connectivity index (χ1n) is 8.23. The Morgan fingerprint density at radius 3 is 2.42 bits per heavy atom. The van der Waals surface area contributed by atoms with Gasteiger partial charge in [0.2, 0.25) is 5.91 Å².